The minimum atomic E-state index is -0.458. The number of hydrogen-bond donors (Lipinski definition) is 4. The molecule has 3 heterocycles. The van der Waals surface area contributed by atoms with Crippen LogP contribution in [0.1, 0.15) is 5.56 Å². The summed E-state index contributed by atoms with van der Waals surface area (Å²) in [5.74, 6) is 0.0995. The Bertz CT molecular complexity index is 1250. The van der Waals surface area contributed by atoms with Gasteiger partial charge >= 0.3 is 6.03 Å². The van der Waals surface area contributed by atoms with E-state index in [0.29, 0.717) is 17.2 Å². The minimum Gasteiger partial charge on any atom is -0.379 e. The normalized spacial score (nSPS) is 14.7. The van der Waals surface area contributed by atoms with Crippen molar-refractivity contribution in [2.24, 2.45) is 0 Å². The van der Waals surface area contributed by atoms with E-state index in [4.69, 9.17) is 4.74 Å². The number of aromatic amines is 2. The molecular formula is C22H23FN7O2+. The van der Waals surface area contributed by atoms with Crippen LogP contribution in [0, 0.1) is 5.82 Å². The maximum Gasteiger partial charge on any atom is 0.422 e. The number of primary amides is 1. The summed E-state index contributed by atoms with van der Waals surface area (Å²) in [6, 6.07) is 11.8. The van der Waals surface area contributed by atoms with Gasteiger partial charge in [-0.1, -0.05) is 18.2 Å². The van der Waals surface area contributed by atoms with Crippen LogP contribution >= 0.6 is 0 Å². The summed E-state index contributed by atoms with van der Waals surface area (Å²) in [7, 11) is 0. The van der Waals surface area contributed by atoms with Gasteiger partial charge in [-0.15, -0.1) is 0 Å². The molecule has 0 saturated carbocycles. The molecule has 1 aliphatic rings. The topological polar surface area (TPSA) is 116 Å². The summed E-state index contributed by atoms with van der Waals surface area (Å²) >= 11 is 0. The van der Waals surface area contributed by atoms with Crippen molar-refractivity contribution in [1.29, 1.82) is 0 Å². The second kappa shape index (κ2) is 8.87. The number of halogens is 1. The summed E-state index contributed by atoms with van der Waals surface area (Å²) in [5, 5.41) is 10.9. The second-order valence-corrected chi connectivity index (χ2v) is 7.64. The monoisotopic (exact) mass is 436 g/mol. The number of nitrogens with one attached hydrogen (secondary N) is 3. The fourth-order valence-corrected chi connectivity index (χ4v) is 3.75. The van der Waals surface area contributed by atoms with Crippen LogP contribution in [0.2, 0.25) is 0 Å². The molecule has 0 spiro atoms. The van der Waals surface area contributed by atoms with E-state index in [1.807, 2.05) is 6.07 Å². The molecule has 1 aliphatic heterocycles. The molecule has 1 saturated heterocycles. The third-order valence-corrected chi connectivity index (χ3v) is 5.38. The van der Waals surface area contributed by atoms with Crippen LogP contribution in [0.15, 0.2) is 48.7 Å². The van der Waals surface area contributed by atoms with Gasteiger partial charge < -0.3 is 9.72 Å². The van der Waals surface area contributed by atoms with E-state index in [9.17, 15) is 9.18 Å². The van der Waals surface area contributed by atoms with Crippen LogP contribution in [0.25, 0.3) is 22.6 Å². The molecule has 0 unspecified atom stereocenters. The number of carbonyl (C=O) groups excluding carboxylic acids is 1. The molecular weight excluding hydrogens is 413 g/mol. The van der Waals surface area contributed by atoms with Crippen molar-refractivity contribution in [3.63, 3.8) is 0 Å². The first-order chi connectivity index (χ1) is 15.7. The van der Waals surface area contributed by atoms with Crippen LogP contribution < -0.4 is 10.6 Å². The number of anilines is 1. The van der Waals surface area contributed by atoms with E-state index in [-0.39, 0.29) is 5.69 Å². The number of nitrogens with two attached hydrogens (primary N) is 1. The lowest BCUT2D eigenvalue weighted by Crippen LogP contribution is -2.84. The van der Waals surface area contributed by atoms with Crippen molar-refractivity contribution in [3.8, 4) is 11.5 Å². The number of H-pyrrole nitrogens is 2. The maximum absolute atomic E-state index is 13.8. The Kier molecular flexibility index (Phi) is 5.63. The summed E-state index contributed by atoms with van der Waals surface area (Å²) in [4.78, 5) is 22.7. The Labute approximate surface area is 183 Å². The highest BCUT2D eigenvalue weighted by molar-refractivity contribution is 5.89. The summed E-state index contributed by atoms with van der Waals surface area (Å²) in [6.07, 6.45) is 1.50. The van der Waals surface area contributed by atoms with Crippen LogP contribution in [0.3, 0.4) is 0 Å². The molecule has 2 aromatic carbocycles. The van der Waals surface area contributed by atoms with Gasteiger partial charge in [0.25, 0.3) is 0 Å². The Morgan fingerprint density at radius 2 is 2.06 bits per heavy atom. The molecule has 0 aliphatic carbocycles. The Morgan fingerprint density at radius 1 is 1.22 bits per heavy atom. The maximum atomic E-state index is 13.8. The Morgan fingerprint density at radius 3 is 2.91 bits per heavy atom. The fourth-order valence-electron chi connectivity index (χ4n) is 3.75. The Hall–Kier alpha value is -3.60. The summed E-state index contributed by atoms with van der Waals surface area (Å²) in [6.45, 7) is 4.23. The van der Waals surface area contributed by atoms with Gasteiger partial charge in [0.05, 0.1) is 36.1 Å². The molecule has 164 valence electrons. The average molecular weight is 436 g/mol. The number of urea groups is 1. The molecule has 10 heteroatoms. The minimum absolute atomic E-state index is 0.214. The summed E-state index contributed by atoms with van der Waals surface area (Å²) in [5.41, 5.74) is 4.12. The van der Waals surface area contributed by atoms with Crippen molar-refractivity contribution < 1.29 is 19.2 Å². The summed E-state index contributed by atoms with van der Waals surface area (Å²) < 4.78 is 19.2. The number of hydrogen-bond acceptors (Lipinski definition) is 5. The number of amides is 2. The van der Waals surface area contributed by atoms with E-state index in [1.165, 1.54) is 23.1 Å². The van der Waals surface area contributed by atoms with Crippen molar-refractivity contribution in [1.82, 2.24) is 25.1 Å². The molecule has 9 nitrogen and oxygen atoms in total. The molecule has 1 fully saturated rings. The fraction of sp³-hybridized carbons (Fsp3) is 0.227. The van der Waals surface area contributed by atoms with Gasteiger partial charge in [-0.25, -0.2) is 19.5 Å². The second-order valence-electron chi connectivity index (χ2n) is 7.64. The number of morpholine rings is 1. The van der Waals surface area contributed by atoms with Gasteiger partial charge in [0.1, 0.15) is 5.69 Å². The predicted molar refractivity (Wildman–Crippen MR) is 117 cm³/mol. The van der Waals surface area contributed by atoms with Crippen LogP contribution in [-0.2, 0) is 11.3 Å². The van der Waals surface area contributed by atoms with Crippen LogP contribution in [-0.4, -0.2) is 57.4 Å². The van der Waals surface area contributed by atoms with E-state index in [2.05, 4.69) is 42.5 Å². The van der Waals surface area contributed by atoms with Gasteiger partial charge in [0.2, 0.25) is 0 Å². The molecule has 5 rings (SSSR count). The highest BCUT2D eigenvalue weighted by Gasteiger charge is 2.18. The molecule has 2 aromatic heterocycles. The van der Waals surface area contributed by atoms with Crippen molar-refractivity contribution in [3.05, 3.63) is 60.0 Å². The lowest BCUT2D eigenvalue weighted by molar-refractivity contribution is -0.461. The first-order valence-corrected chi connectivity index (χ1v) is 10.4. The van der Waals surface area contributed by atoms with Gasteiger partial charge in [0.15, 0.2) is 17.3 Å². The van der Waals surface area contributed by atoms with Crippen LogP contribution in [0.5, 0.6) is 0 Å². The number of ether oxygens (including phenoxy) is 1. The largest absolute Gasteiger partial charge is 0.422 e. The molecule has 0 atom stereocenters. The zero-order valence-electron chi connectivity index (χ0n) is 17.3. The lowest BCUT2D eigenvalue weighted by Gasteiger charge is -2.26. The molecule has 4 aromatic rings. The number of quaternary nitrogens is 1. The van der Waals surface area contributed by atoms with Gasteiger partial charge in [-0.2, -0.15) is 5.10 Å². The third kappa shape index (κ3) is 4.37. The van der Waals surface area contributed by atoms with Crippen LogP contribution in [0.4, 0.5) is 20.6 Å². The van der Waals surface area contributed by atoms with Crippen molar-refractivity contribution >= 4 is 28.4 Å². The van der Waals surface area contributed by atoms with E-state index in [0.717, 1.165) is 43.9 Å². The molecule has 2 amide bonds. The van der Waals surface area contributed by atoms with Gasteiger partial charge in [-0.05, 0) is 23.8 Å². The average Bonchev–Trinajstić information content (AvgIpc) is 3.42. The zero-order chi connectivity index (χ0) is 21.9. The highest BCUT2D eigenvalue weighted by atomic mass is 19.1. The van der Waals surface area contributed by atoms with E-state index < -0.39 is 11.8 Å². The quantitative estimate of drug-likeness (QED) is 0.359. The predicted octanol–water partition coefficient (Wildman–Crippen LogP) is 2.35. The number of nitrogens with zero attached hydrogens (tertiary/aromatic N) is 3. The van der Waals surface area contributed by atoms with Crippen molar-refractivity contribution in [2.45, 2.75) is 6.54 Å². The van der Waals surface area contributed by atoms with Gasteiger partial charge in [-0.3, -0.25) is 15.3 Å². The number of fused-ring (bicyclic) bond motifs is 1. The lowest BCUT2D eigenvalue weighted by atomic mass is 10.2. The Balaban J connectivity index is 1.33. The third-order valence-electron chi connectivity index (χ3n) is 5.38. The SMILES string of the molecule is O=C(Nc1cn[nH]c1-c1nc2ccc(CN3CCOCC3)cc2[nH]1)[NH2+]c1ccccc1F. The first kappa shape index (κ1) is 20.3. The number of aromatic nitrogens is 4. The molecule has 5 N–H and O–H groups in total. The number of para-hydroxylation sites is 1. The van der Waals surface area contributed by atoms with Crippen molar-refractivity contribution in [2.75, 3.05) is 31.6 Å². The standard InChI is InChI=1S/C22H22FN7O2/c23-15-3-1-2-4-16(15)27-22(31)28-19-12-24-29-20(19)21-25-17-6-5-14(11-18(17)26-21)13-30-7-9-32-10-8-30/h1-6,11-12H,7-10,13H2,(H,24,29)(H,25,26)(H2,27,28,31)/p+1. The number of benzene rings is 2. The highest BCUT2D eigenvalue weighted by Crippen LogP contribution is 2.26. The number of rotatable bonds is 5. The van der Waals surface area contributed by atoms with E-state index in [1.54, 1.807) is 18.2 Å². The molecule has 0 radical (unpaired) electrons. The smallest absolute Gasteiger partial charge is 0.379 e. The number of imidazole rings is 1. The zero-order valence-corrected chi connectivity index (χ0v) is 17.3. The first-order valence-electron chi connectivity index (χ1n) is 10.4. The number of carbonyl (C=O) groups is 1. The van der Waals surface area contributed by atoms with Gasteiger partial charge in [0, 0.05) is 25.7 Å². The molecule has 32 heavy (non-hydrogen) atoms. The molecule has 0 bridgehead atoms. The van der Waals surface area contributed by atoms with E-state index >= 15 is 0 Å².